The summed E-state index contributed by atoms with van der Waals surface area (Å²) in [5.74, 6) is 0. The number of anilines is 1. The summed E-state index contributed by atoms with van der Waals surface area (Å²) < 4.78 is 44.3. The molecule has 0 radical (unpaired) electrons. The maximum absolute atomic E-state index is 14.1. The van der Waals surface area contributed by atoms with E-state index < -0.39 is 34.6 Å². The summed E-state index contributed by atoms with van der Waals surface area (Å²) >= 11 is 0. The zero-order valence-corrected chi connectivity index (χ0v) is 22.0. The van der Waals surface area contributed by atoms with Crippen molar-refractivity contribution in [2.24, 2.45) is 0 Å². The minimum absolute atomic E-state index is 0.0185. The van der Waals surface area contributed by atoms with Crippen molar-refractivity contribution in [3.8, 4) is 12.1 Å². The van der Waals surface area contributed by atoms with E-state index in [1.807, 2.05) is 12.1 Å². The third-order valence-electron chi connectivity index (χ3n) is 6.42. The highest BCUT2D eigenvalue weighted by Crippen LogP contribution is 2.41. The van der Waals surface area contributed by atoms with E-state index in [0.29, 0.717) is 26.3 Å². The van der Waals surface area contributed by atoms with Crippen molar-refractivity contribution < 1.29 is 27.1 Å². The number of allylic oxidation sites excluding steroid dienone is 1. The maximum atomic E-state index is 14.1. The lowest BCUT2D eigenvalue weighted by Crippen LogP contribution is -2.59. The predicted molar refractivity (Wildman–Crippen MR) is 137 cm³/mol. The molecule has 2 aliphatic heterocycles. The number of rotatable bonds is 5. The van der Waals surface area contributed by atoms with E-state index in [9.17, 15) is 32.9 Å². The number of hydrazine groups is 1. The SMILES string of the molecule is CC1=C(C#N)[C@@H](c2ccc(C#N)cc2S(C)(=O)=O)N(C(=O)NN2CCOCC2)C(=O)N1c1cccc(CF)c1. The van der Waals surface area contributed by atoms with Crippen molar-refractivity contribution in [2.45, 2.75) is 24.5 Å². The second-order valence-electron chi connectivity index (χ2n) is 8.96. The Labute approximate surface area is 225 Å². The van der Waals surface area contributed by atoms with Gasteiger partial charge in [-0.15, -0.1) is 0 Å². The highest BCUT2D eigenvalue weighted by molar-refractivity contribution is 7.90. The average Bonchev–Trinajstić information content (AvgIpc) is 2.92. The molecule has 4 amide bonds. The molecule has 0 aromatic heterocycles. The normalized spacial score (nSPS) is 18.5. The van der Waals surface area contributed by atoms with Crippen LogP contribution < -0.4 is 10.3 Å². The average molecular weight is 553 g/mol. The summed E-state index contributed by atoms with van der Waals surface area (Å²) in [7, 11) is -3.97. The van der Waals surface area contributed by atoms with Gasteiger partial charge in [0.15, 0.2) is 9.84 Å². The Balaban J connectivity index is 1.95. The number of halogens is 1. The van der Waals surface area contributed by atoms with E-state index in [4.69, 9.17) is 4.74 Å². The Morgan fingerprint density at radius 1 is 1.15 bits per heavy atom. The Kier molecular flexibility index (Phi) is 7.97. The summed E-state index contributed by atoms with van der Waals surface area (Å²) in [5, 5.41) is 21.2. The Morgan fingerprint density at radius 2 is 1.87 bits per heavy atom. The van der Waals surface area contributed by atoms with Gasteiger partial charge in [-0.05, 0) is 42.3 Å². The second-order valence-corrected chi connectivity index (χ2v) is 10.9. The first-order valence-electron chi connectivity index (χ1n) is 11.9. The summed E-state index contributed by atoms with van der Waals surface area (Å²) in [5.41, 5.74) is 3.26. The number of hydrogen-bond donors (Lipinski definition) is 1. The molecule has 2 aromatic rings. The molecule has 2 heterocycles. The second kappa shape index (κ2) is 11.2. The van der Waals surface area contributed by atoms with Crippen LogP contribution in [0.2, 0.25) is 0 Å². The monoisotopic (exact) mass is 552 g/mol. The molecule has 1 atom stereocenters. The number of benzene rings is 2. The molecule has 1 fully saturated rings. The van der Waals surface area contributed by atoms with Gasteiger partial charge in [-0.25, -0.2) is 32.3 Å². The molecule has 1 saturated heterocycles. The van der Waals surface area contributed by atoms with Crippen LogP contribution in [0.15, 0.2) is 58.6 Å². The number of alkyl halides is 1. The third-order valence-corrected chi connectivity index (χ3v) is 7.57. The minimum atomic E-state index is -3.97. The summed E-state index contributed by atoms with van der Waals surface area (Å²) in [6.45, 7) is 2.06. The smallest absolute Gasteiger partial charge is 0.340 e. The van der Waals surface area contributed by atoms with Crippen LogP contribution in [0.4, 0.5) is 19.7 Å². The molecule has 11 nitrogen and oxygen atoms in total. The molecule has 4 rings (SSSR count). The lowest BCUT2D eigenvalue weighted by Gasteiger charge is -2.41. The van der Waals surface area contributed by atoms with Crippen LogP contribution in [-0.4, -0.2) is 62.9 Å². The molecule has 1 N–H and O–H groups in total. The quantitative estimate of drug-likeness (QED) is 0.595. The number of nitriles is 2. The van der Waals surface area contributed by atoms with Gasteiger partial charge in [0.1, 0.15) is 12.7 Å². The lowest BCUT2D eigenvalue weighted by molar-refractivity contribution is 0.0164. The highest BCUT2D eigenvalue weighted by Gasteiger charge is 2.45. The zero-order chi connectivity index (χ0) is 28.3. The summed E-state index contributed by atoms with van der Waals surface area (Å²) in [6, 6.07) is 10.6. The number of urea groups is 2. The van der Waals surface area contributed by atoms with E-state index in [2.05, 4.69) is 5.43 Å². The van der Waals surface area contributed by atoms with Gasteiger partial charge in [-0.2, -0.15) is 10.5 Å². The van der Waals surface area contributed by atoms with Gasteiger partial charge in [0.2, 0.25) is 0 Å². The molecule has 0 bridgehead atoms. The molecule has 0 saturated carbocycles. The maximum Gasteiger partial charge on any atom is 0.340 e. The van der Waals surface area contributed by atoms with Crippen molar-refractivity contribution >= 4 is 27.6 Å². The summed E-state index contributed by atoms with van der Waals surface area (Å²) in [4.78, 5) is 29.4. The third kappa shape index (κ3) is 5.47. The van der Waals surface area contributed by atoms with Crippen LogP contribution in [0.3, 0.4) is 0 Å². The molecule has 0 aliphatic carbocycles. The number of amides is 4. The number of sulfone groups is 1. The highest BCUT2D eigenvalue weighted by atomic mass is 32.2. The van der Waals surface area contributed by atoms with E-state index >= 15 is 0 Å². The number of nitrogens with one attached hydrogen (secondary N) is 1. The van der Waals surface area contributed by atoms with Gasteiger partial charge in [-0.3, -0.25) is 10.3 Å². The molecule has 2 aliphatic rings. The molecular formula is C26H25FN6O5S. The number of imide groups is 1. The first-order chi connectivity index (χ1) is 18.6. The van der Waals surface area contributed by atoms with Crippen LogP contribution in [0, 0.1) is 22.7 Å². The largest absolute Gasteiger partial charge is 0.379 e. The molecule has 0 unspecified atom stereocenters. The van der Waals surface area contributed by atoms with Crippen LogP contribution in [0.5, 0.6) is 0 Å². The Morgan fingerprint density at radius 3 is 2.49 bits per heavy atom. The number of carbonyl (C=O) groups is 2. The van der Waals surface area contributed by atoms with Gasteiger partial charge < -0.3 is 4.74 Å². The number of carbonyl (C=O) groups excluding carboxylic acids is 2. The van der Waals surface area contributed by atoms with Gasteiger partial charge in [0.05, 0.1) is 47.1 Å². The van der Waals surface area contributed by atoms with Crippen molar-refractivity contribution in [2.75, 3.05) is 37.5 Å². The number of hydrogen-bond acceptors (Lipinski definition) is 8. The lowest BCUT2D eigenvalue weighted by atomic mass is 9.93. The molecular weight excluding hydrogens is 527 g/mol. The van der Waals surface area contributed by atoms with Gasteiger partial charge in [0.25, 0.3) is 0 Å². The van der Waals surface area contributed by atoms with Crippen LogP contribution >= 0.6 is 0 Å². The van der Waals surface area contributed by atoms with Gasteiger partial charge >= 0.3 is 12.1 Å². The van der Waals surface area contributed by atoms with Crippen LogP contribution in [0.1, 0.15) is 29.7 Å². The molecule has 0 spiro atoms. The predicted octanol–water partition coefficient (Wildman–Crippen LogP) is 3.17. The molecule has 2 aromatic carbocycles. The number of nitrogens with zero attached hydrogens (tertiary/aromatic N) is 5. The first-order valence-corrected chi connectivity index (χ1v) is 13.8. The number of ether oxygens (including phenoxy) is 1. The minimum Gasteiger partial charge on any atom is -0.379 e. The molecule has 202 valence electrons. The fourth-order valence-corrected chi connectivity index (χ4v) is 5.50. The van der Waals surface area contributed by atoms with Crippen molar-refractivity contribution in [1.82, 2.24) is 15.3 Å². The number of morpholine rings is 1. The van der Waals surface area contributed by atoms with Crippen molar-refractivity contribution in [3.05, 3.63) is 70.4 Å². The summed E-state index contributed by atoms with van der Waals surface area (Å²) in [6.07, 6.45) is 0.938. The van der Waals surface area contributed by atoms with Crippen molar-refractivity contribution in [1.29, 1.82) is 10.5 Å². The Bertz CT molecular complexity index is 1540. The van der Waals surface area contributed by atoms with Crippen LogP contribution in [0.25, 0.3) is 0 Å². The van der Waals surface area contributed by atoms with Gasteiger partial charge in [0, 0.05) is 25.0 Å². The molecule has 39 heavy (non-hydrogen) atoms. The zero-order valence-electron chi connectivity index (χ0n) is 21.2. The Hall–Kier alpha value is -4.30. The van der Waals surface area contributed by atoms with Gasteiger partial charge in [-0.1, -0.05) is 18.2 Å². The molecule has 13 heteroatoms. The fourth-order valence-electron chi connectivity index (χ4n) is 4.55. The standard InChI is InChI=1S/C26H25FN6O5S/c1-17-22(16-29)24(21-7-6-19(15-28)13-23(21)39(2,36)37)33(25(34)30-31-8-10-38-11-9-31)26(35)32(17)20-5-3-4-18(12-20)14-27/h3-7,12-13,24H,8-11,14H2,1-2H3,(H,30,34)/t24-/m1/s1. The van der Waals surface area contributed by atoms with E-state index in [-0.39, 0.29) is 38.5 Å². The first kappa shape index (κ1) is 27.7. The van der Waals surface area contributed by atoms with E-state index in [1.54, 1.807) is 11.1 Å². The fraction of sp³-hybridized carbons (Fsp3) is 0.308. The van der Waals surface area contributed by atoms with E-state index in [0.717, 1.165) is 22.1 Å². The van der Waals surface area contributed by atoms with Crippen LogP contribution in [-0.2, 0) is 21.2 Å². The van der Waals surface area contributed by atoms with E-state index in [1.165, 1.54) is 37.3 Å². The topological polar surface area (TPSA) is 147 Å². The van der Waals surface area contributed by atoms with Crippen molar-refractivity contribution in [3.63, 3.8) is 0 Å².